The molecule has 1 amide bonds. The predicted octanol–water partition coefficient (Wildman–Crippen LogP) is 7.17. The van der Waals surface area contributed by atoms with E-state index in [-0.39, 0.29) is 5.91 Å². The van der Waals surface area contributed by atoms with Crippen LogP contribution >= 0.6 is 0 Å². The third-order valence-corrected chi connectivity index (χ3v) is 6.35. The minimum atomic E-state index is 0.103. The van der Waals surface area contributed by atoms with Crippen LogP contribution in [-0.2, 0) is 17.8 Å². The molecule has 3 heteroatoms. The molecule has 0 bridgehead atoms. The highest BCUT2D eigenvalue weighted by molar-refractivity contribution is 6.03. The number of rotatable bonds is 7. The highest BCUT2D eigenvalue weighted by Gasteiger charge is 2.19. The number of anilines is 1. The number of aryl methyl sites for hydroxylation is 1. The lowest BCUT2D eigenvalue weighted by atomic mass is 9.96. The van der Waals surface area contributed by atoms with Crippen molar-refractivity contribution in [1.82, 2.24) is 0 Å². The van der Waals surface area contributed by atoms with Crippen LogP contribution in [0.25, 0.3) is 21.5 Å². The van der Waals surface area contributed by atoms with Crippen molar-refractivity contribution in [3.8, 4) is 5.75 Å². The number of amides is 1. The number of hydrogen-bond acceptors (Lipinski definition) is 2. The van der Waals surface area contributed by atoms with Crippen LogP contribution in [0, 0.1) is 0 Å². The van der Waals surface area contributed by atoms with Gasteiger partial charge in [-0.1, -0.05) is 78.9 Å². The second kappa shape index (κ2) is 9.80. The summed E-state index contributed by atoms with van der Waals surface area (Å²) in [6.45, 7) is 0.502. The summed E-state index contributed by atoms with van der Waals surface area (Å²) in [5.74, 6) is 0.877. The summed E-state index contributed by atoms with van der Waals surface area (Å²) in [5.41, 5.74) is 3.20. The van der Waals surface area contributed by atoms with E-state index in [9.17, 15) is 4.79 Å². The van der Waals surface area contributed by atoms with Crippen molar-refractivity contribution in [3.63, 3.8) is 0 Å². The van der Waals surface area contributed by atoms with Crippen LogP contribution in [0.2, 0.25) is 0 Å². The molecule has 168 valence electrons. The molecular formula is C31H27NO2. The van der Waals surface area contributed by atoms with E-state index >= 15 is 0 Å². The molecule has 0 N–H and O–H groups in total. The normalized spacial score (nSPS) is 11.0. The summed E-state index contributed by atoms with van der Waals surface area (Å²) in [7, 11) is 1.65. The number of carbonyl (C=O) groups is 1. The largest absolute Gasteiger partial charge is 0.497 e. The molecule has 3 nitrogen and oxygen atoms in total. The van der Waals surface area contributed by atoms with Gasteiger partial charge in [0.1, 0.15) is 5.75 Å². The summed E-state index contributed by atoms with van der Waals surface area (Å²) < 4.78 is 5.34. The van der Waals surface area contributed by atoms with E-state index in [1.807, 2.05) is 47.4 Å². The fourth-order valence-electron chi connectivity index (χ4n) is 4.55. The Kier molecular flexibility index (Phi) is 6.26. The van der Waals surface area contributed by atoms with E-state index in [0.717, 1.165) is 17.0 Å². The van der Waals surface area contributed by atoms with E-state index < -0.39 is 0 Å². The van der Waals surface area contributed by atoms with Gasteiger partial charge in [0.2, 0.25) is 5.91 Å². The fourth-order valence-corrected chi connectivity index (χ4v) is 4.55. The Morgan fingerprint density at radius 1 is 0.735 bits per heavy atom. The van der Waals surface area contributed by atoms with Gasteiger partial charge in [0.05, 0.1) is 13.7 Å². The Morgan fingerprint density at radius 2 is 1.32 bits per heavy atom. The summed E-state index contributed by atoms with van der Waals surface area (Å²) in [6, 6.07) is 37.0. The zero-order valence-electron chi connectivity index (χ0n) is 19.3. The van der Waals surface area contributed by atoms with Crippen LogP contribution in [-0.4, -0.2) is 13.0 Å². The zero-order valence-corrected chi connectivity index (χ0v) is 19.3. The second-order valence-corrected chi connectivity index (χ2v) is 8.46. The minimum Gasteiger partial charge on any atom is -0.497 e. The molecule has 0 aromatic heterocycles. The lowest BCUT2D eigenvalue weighted by Gasteiger charge is -2.25. The van der Waals surface area contributed by atoms with Gasteiger partial charge in [-0.3, -0.25) is 4.79 Å². The lowest BCUT2D eigenvalue weighted by molar-refractivity contribution is -0.118. The highest BCUT2D eigenvalue weighted by atomic mass is 16.5. The first-order valence-corrected chi connectivity index (χ1v) is 11.6. The van der Waals surface area contributed by atoms with Gasteiger partial charge < -0.3 is 9.64 Å². The van der Waals surface area contributed by atoms with Gasteiger partial charge in [0, 0.05) is 12.1 Å². The standard InChI is InChI=1S/C31H27NO2/c1-34-27-18-16-26(17-19-27)32(31(33)20-15-23-9-3-2-4-10-23)22-30-28-13-7-5-11-24(28)21-25-12-6-8-14-29(25)30/h2-14,16-19,21H,15,20,22H2,1H3. The number of ether oxygens (including phenoxy) is 1. The van der Waals surface area contributed by atoms with Crippen LogP contribution in [0.5, 0.6) is 5.75 Å². The molecule has 0 fully saturated rings. The second-order valence-electron chi connectivity index (χ2n) is 8.46. The number of carbonyl (C=O) groups excluding carboxylic acids is 1. The lowest BCUT2D eigenvalue weighted by Crippen LogP contribution is -2.30. The Bertz CT molecular complexity index is 1370. The van der Waals surface area contributed by atoms with Crippen molar-refractivity contribution in [1.29, 1.82) is 0 Å². The molecule has 5 aromatic carbocycles. The zero-order chi connectivity index (χ0) is 23.3. The van der Waals surface area contributed by atoms with E-state index in [0.29, 0.717) is 19.4 Å². The average molecular weight is 446 g/mol. The van der Waals surface area contributed by atoms with Crippen LogP contribution in [0.4, 0.5) is 5.69 Å². The monoisotopic (exact) mass is 445 g/mol. The van der Waals surface area contributed by atoms with Crippen LogP contribution in [0.15, 0.2) is 109 Å². The maximum absolute atomic E-state index is 13.6. The van der Waals surface area contributed by atoms with Crippen molar-refractivity contribution in [3.05, 3.63) is 120 Å². The molecule has 0 unspecified atom stereocenters. The topological polar surface area (TPSA) is 29.5 Å². The van der Waals surface area contributed by atoms with Crippen molar-refractivity contribution in [2.24, 2.45) is 0 Å². The van der Waals surface area contributed by atoms with Crippen molar-refractivity contribution >= 4 is 33.1 Å². The van der Waals surface area contributed by atoms with Gasteiger partial charge in [-0.2, -0.15) is 0 Å². The molecule has 5 rings (SSSR count). The number of benzene rings is 5. The Hall–Kier alpha value is -4.11. The van der Waals surface area contributed by atoms with Crippen molar-refractivity contribution < 1.29 is 9.53 Å². The molecule has 0 heterocycles. The summed E-state index contributed by atoms with van der Waals surface area (Å²) >= 11 is 0. The third kappa shape index (κ3) is 4.51. The Morgan fingerprint density at radius 3 is 1.94 bits per heavy atom. The average Bonchev–Trinajstić information content (AvgIpc) is 2.90. The SMILES string of the molecule is COc1ccc(N(Cc2c3ccccc3cc3ccccc23)C(=O)CCc2ccccc2)cc1. The highest BCUT2D eigenvalue weighted by Crippen LogP contribution is 2.31. The van der Waals surface area contributed by atoms with Gasteiger partial charge in [0.25, 0.3) is 0 Å². The third-order valence-electron chi connectivity index (χ3n) is 6.35. The molecule has 0 spiro atoms. The van der Waals surface area contributed by atoms with E-state index in [1.54, 1.807) is 7.11 Å². The van der Waals surface area contributed by atoms with Gasteiger partial charge in [-0.15, -0.1) is 0 Å². The molecule has 0 aliphatic rings. The molecule has 0 aliphatic heterocycles. The Labute approximate surface area is 200 Å². The van der Waals surface area contributed by atoms with Crippen LogP contribution in [0.1, 0.15) is 17.5 Å². The number of fused-ring (bicyclic) bond motifs is 2. The van der Waals surface area contributed by atoms with Gasteiger partial charge >= 0.3 is 0 Å². The molecule has 34 heavy (non-hydrogen) atoms. The van der Waals surface area contributed by atoms with Gasteiger partial charge in [-0.05, 0) is 69.4 Å². The molecule has 0 aliphatic carbocycles. The molecule has 5 aromatic rings. The van der Waals surface area contributed by atoms with E-state index in [1.165, 1.54) is 27.1 Å². The van der Waals surface area contributed by atoms with Gasteiger partial charge in [-0.25, -0.2) is 0 Å². The maximum atomic E-state index is 13.6. The smallest absolute Gasteiger partial charge is 0.227 e. The quantitative estimate of drug-likeness (QED) is 0.249. The summed E-state index contributed by atoms with van der Waals surface area (Å²) in [5, 5.41) is 4.72. The van der Waals surface area contributed by atoms with Crippen LogP contribution in [0.3, 0.4) is 0 Å². The minimum absolute atomic E-state index is 0.103. The Balaban J connectivity index is 1.56. The van der Waals surface area contributed by atoms with Gasteiger partial charge in [0.15, 0.2) is 0 Å². The predicted molar refractivity (Wildman–Crippen MR) is 140 cm³/mol. The first-order valence-electron chi connectivity index (χ1n) is 11.6. The first kappa shape index (κ1) is 21.7. The molecule has 0 saturated carbocycles. The first-order chi connectivity index (χ1) is 16.7. The summed E-state index contributed by atoms with van der Waals surface area (Å²) in [6.07, 6.45) is 1.15. The van der Waals surface area contributed by atoms with Crippen molar-refractivity contribution in [2.45, 2.75) is 19.4 Å². The number of hydrogen-bond donors (Lipinski definition) is 0. The summed E-state index contributed by atoms with van der Waals surface area (Å²) in [4.78, 5) is 15.6. The van der Waals surface area contributed by atoms with Crippen molar-refractivity contribution in [2.75, 3.05) is 12.0 Å². The van der Waals surface area contributed by atoms with E-state index in [4.69, 9.17) is 4.74 Å². The number of methoxy groups -OCH3 is 1. The molecule has 0 radical (unpaired) electrons. The van der Waals surface area contributed by atoms with Crippen LogP contribution < -0.4 is 9.64 Å². The fraction of sp³-hybridized carbons (Fsp3) is 0.129. The number of nitrogens with zero attached hydrogens (tertiary/aromatic N) is 1. The molecular weight excluding hydrogens is 418 g/mol. The molecule has 0 saturated heterocycles. The molecule has 0 atom stereocenters. The van der Waals surface area contributed by atoms with E-state index in [2.05, 4.69) is 66.7 Å². The maximum Gasteiger partial charge on any atom is 0.227 e.